The van der Waals surface area contributed by atoms with Crippen LogP contribution in [0.5, 0.6) is 0 Å². The summed E-state index contributed by atoms with van der Waals surface area (Å²) in [6.45, 7) is 1.63. The Bertz CT molecular complexity index is 545. The van der Waals surface area contributed by atoms with Gasteiger partial charge >= 0.3 is 0 Å². The molecule has 2 heterocycles. The van der Waals surface area contributed by atoms with E-state index in [2.05, 4.69) is 15.3 Å². The van der Waals surface area contributed by atoms with Gasteiger partial charge in [0.15, 0.2) is 0 Å². The normalized spacial score (nSPS) is 10.3. The summed E-state index contributed by atoms with van der Waals surface area (Å²) < 4.78 is 0. The highest BCUT2D eigenvalue weighted by Gasteiger charge is 2.08. The molecule has 0 aliphatic rings. The van der Waals surface area contributed by atoms with Crippen molar-refractivity contribution in [3.05, 3.63) is 60.2 Å². The van der Waals surface area contributed by atoms with Gasteiger partial charge in [0.05, 0.1) is 12.2 Å². The van der Waals surface area contributed by atoms with Crippen molar-refractivity contribution >= 4 is 5.91 Å². The molecule has 0 aliphatic heterocycles. The topological polar surface area (TPSA) is 58.1 Å². The molecule has 0 saturated heterocycles. The molecule has 2 aromatic rings. The maximum Gasteiger partial charge on any atom is 0.236 e. The molecule has 110 valence electrons. The first-order valence-electron chi connectivity index (χ1n) is 6.99. The summed E-state index contributed by atoms with van der Waals surface area (Å²) in [5, 5.41) is 3.12. The van der Waals surface area contributed by atoms with Crippen LogP contribution < -0.4 is 5.32 Å². The first-order valence-corrected chi connectivity index (χ1v) is 6.99. The van der Waals surface area contributed by atoms with E-state index in [1.165, 1.54) is 5.56 Å². The highest BCUT2D eigenvalue weighted by atomic mass is 16.2. The first kappa shape index (κ1) is 15.1. The maximum absolute atomic E-state index is 12.0. The summed E-state index contributed by atoms with van der Waals surface area (Å²) in [4.78, 5) is 21.9. The van der Waals surface area contributed by atoms with E-state index in [4.69, 9.17) is 0 Å². The Morgan fingerprint density at radius 3 is 2.71 bits per heavy atom. The minimum atomic E-state index is 0.0833. The Hall–Kier alpha value is -2.27. The van der Waals surface area contributed by atoms with Gasteiger partial charge in [-0.25, -0.2) is 0 Å². The van der Waals surface area contributed by atoms with Crippen molar-refractivity contribution in [3.63, 3.8) is 0 Å². The molecule has 0 saturated carbocycles. The van der Waals surface area contributed by atoms with Crippen molar-refractivity contribution in [2.24, 2.45) is 0 Å². The van der Waals surface area contributed by atoms with E-state index < -0.39 is 0 Å². The number of aromatic nitrogens is 2. The largest absolute Gasteiger partial charge is 0.344 e. The predicted octanol–water partition coefficient (Wildman–Crippen LogP) is 1.27. The summed E-state index contributed by atoms with van der Waals surface area (Å²) in [7, 11) is 1.83. The molecule has 0 fully saturated rings. The van der Waals surface area contributed by atoms with Crippen LogP contribution in [0.25, 0.3) is 0 Å². The lowest BCUT2D eigenvalue weighted by Gasteiger charge is -2.17. The number of nitrogens with one attached hydrogen (secondary N) is 1. The molecule has 0 aliphatic carbocycles. The van der Waals surface area contributed by atoms with Gasteiger partial charge in [-0.15, -0.1) is 0 Å². The van der Waals surface area contributed by atoms with Gasteiger partial charge < -0.3 is 10.2 Å². The van der Waals surface area contributed by atoms with Gasteiger partial charge in [-0.2, -0.15) is 0 Å². The summed E-state index contributed by atoms with van der Waals surface area (Å²) in [6.07, 6.45) is 6.13. The average Bonchev–Trinajstić information content (AvgIpc) is 2.54. The van der Waals surface area contributed by atoms with Gasteiger partial charge in [0, 0.05) is 38.7 Å². The van der Waals surface area contributed by atoms with Gasteiger partial charge in [-0.3, -0.25) is 14.8 Å². The molecule has 0 aromatic carbocycles. The fraction of sp³-hybridized carbons (Fsp3) is 0.312. The number of nitrogens with zero attached hydrogens (tertiary/aromatic N) is 3. The second-order valence-corrected chi connectivity index (χ2v) is 4.85. The van der Waals surface area contributed by atoms with E-state index in [9.17, 15) is 4.79 Å². The highest BCUT2D eigenvalue weighted by Crippen LogP contribution is 1.99. The number of carbonyl (C=O) groups excluding carboxylic acids is 1. The van der Waals surface area contributed by atoms with E-state index in [0.29, 0.717) is 19.6 Å². The van der Waals surface area contributed by atoms with Crippen LogP contribution in [0.4, 0.5) is 0 Å². The third-order valence-corrected chi connectivity index (χ3v) is 3.22. The lowest BCUT2D eigenvalue weighted by atomic mass is 10.2. The summed E-state index contributed by atoms with van der Waals surface area (Å²) in [5.41, 5.74) is 2.12. The fourth-order valence-electron chi connectivity index (χ4n) is 1.91. The van der Waals surface area contributed by atoms with Gasteiger partial charge in [-0.05, 0) is 36.2 Å². The number of amides is 1. The van der Waals surface area contributed by atoms with Crippen LogP contribution in [0.1, 0.15) is 11.3 Å². The average molecular weight is 284 g/mol. The number of hydrogen-bond donors (Lipinski definition) is 1. The second kappa shape index (κ2) is 8.11. The third-order valence-electron chi connectivity index (χ3n) is 3.22. The third kappa shape index (κ3) is 5.31. The number of carbonyl (C=O) groups is 1. The molecule has 1 amide bonds. The maximum atomic E-state index is 12.0. The van der Waals surface area contributed by atoms with Crippen LogP contribution in [0.3, 0.4) is 0 Å². The molecule has 2 aromatic heterocycles. The molecule has 0 spiro atoms. The molecule has 21 heavy (non-hydrogen) atoms. The van der Waals surface area contributed by atoms with Crippen LogP contribution in [-0.2, 0) is 17.8 Å². The fourth-order valence-corrected chi connectivity index (χ4v) is 1.91. The van der Waals surface area contributed by atoms with Gasteiger partial charge in [0.2, 0.25) is 5.91 Å². The molecule has 0 unspecified atom stereocenters. The van der Waals surface area contributed by atoms with Gasteiger partial charge in [-0.1, -0.05) is 6.07 Å². The van der Waals surface area contributed by atoms with Gasteiger partial charge in [0.1, 0.15) is 0 Å². The number of pyridine rings is 2. The lowest BCUT2D eigenvalue weighted by molar-refractivity contribution is -0.128. The van der Waals surface area contributed by atoms with Crippen LogP contribution in [-0.4, -0.2) is 40.9 Å². The van der Waals surface area contributed by atoms with Crippen molar-refractivity contribution in [1.29, 1.82) is 0 Å². The molecule has 0 atom stereocenters. The quantitative estimate of drug-likeness (QED) is 0.832. The molecule has 0 bridgehead atoms. The number of rotatable bonds is 7. The van der Waals surface area contributed by atoms with Crippen molar-refractivity contribution in [3.8, 4) is 0 Å². The molecular formula is C16H20N4O. The van der Waals surface area contributed by atoms with Crippen molar-refractivity contribution in [1.82, 2.24) is 20.2 Å². The zero-order valence-corrected chi connectivity index (χ0v) is 12.2. The van der Waals surface area contributed by atoms with E-state index in [0.717, 1.165) is 12.1 Å². The van der Waals surface area contributed by atoms with Crippen molar-refractivity contribution in [2.75, 3.05) is 20.1 Å². The Kier molecular flexibility index (Phi) is 5.84. The molecule has 1 N–H and O–H groups in total. The van der Waals surface area contributed by atoms with Gasteiger partial charge in [0.25, 0.3) is 0 Å². The van der Waals surface area contributed by atoms with Crippen molar-refractivity contribution in [2.45, 2.75) is 13.0 Å². The Morgan fingerprint density at radius 2 is 2.00 bits per heavy atom. The lowest BCUT2D eigenvalue weighted by Crippen LogP contribution is -2.36. The summed E-state index contributed by atoms with van der Waals surface area (Å²) >= 11 is 0. The summed E-state index contributed by atoms with van der Waals surface area (Å²) in [6, 6.07) is 9.69. The summed E-state index contributed by atoms with van der Waals surface area (Å²) in [5.74, 6) is 0.0833. The van der Waals surface area contributed by atoms with Crippen LogP contribution in [0.2, 0.25) is 0 Å². The molecule has 2 rings (SSSR count). The molecule has 5 nitrogen and oxygen atoms in total. The van der Waals surface area contributed by atoms with E-state index in [1.807, 2.05) is 37.4 Å². The highest BCUT2D eigenvalue weighted by molar-refractivity contribution is 5.77. The number of likely N-dealkylation sites (N-methyl/N-ethyl adjacent to an activating group) is 1. The van der Waals surface area contributed by atoms with E-state index >= 15 is 0 Å². The van der Waals surface area contributed by atoms with Crippen molar-refractivity contribution < 1.29 is 4.79 Å². The molecule has 0 radical (unpaired) electrons. The predicted molar refractivity (Wildman–Crippen MR) is 81.5 cm³/mol. The monoisotopic (exact) mass is 284 g/mol. The SMILES string of the molecule is CN(CCc1ccncc1)C(=O)CNCc1ccccn1. The van der Waals surface area contributed by atoms with E-state index in [1.54, 1.807) is 23.5 Å². The molecule has 5 heteroatoms. The van der Waals surface area contributed by atoms with Crippen LogP contribution in [0, 0.1) is 0 Å². The van der Waals surface area contributed by atoms with E-state index in [-0.39, 0.29) is 5.91 Å². The minimum absolute atomic E-state index is 0.0833. The van der Waals surface area contributed by atoms with Crippen LogP contribution >= 0.6 is 0 Å². The smallest absolute Gasteiger partial charge is 0.236 e. The second-order valence-electron chi connectivity index (χ2n) is 4.85. The number of hydrogen-bond acceptors (Lipinski definition) is 4. The Balaban J connectivity index is 1.68. The Morgan fingerprint density at radius 1 is 1.19 bits per heavy atom. The Labute approximate surface area is 125 Å². The zero-order valence-electron chi connectivity index (χ0n) is 12.2. The minimum Gasteiger partial charge on any atom is -0.344 e. The first-order chi connectivity index (χ1) is 10.3. The standard InChI is InChI=1S/C16H20N4O/c1-20(11-7-14-5-9-17-10-6-14)16(21)13-18-12-15-4-2-3-8-19-15/h2-6,8-10,18H,7,11-13H2,1H3. The molecular weight excluding hydrogens is 264 g/mol. The van der Waals surface area contributed by atoms with Crippen LogP contribution in [0.15, 0.2) is 48.9 Å². The zero-order chi connectivity index (χ0) is 14.9.